The predicted octanol–water partition coefficient (Wildman–Crippen LogP) is 2.72. The lowest BCUT2D eigenvalue weighted by Gasteiger charge is -2.03. The second kappa shape index (κ2) is 12.7. The van der Waals surface area contributed by atoms with Gasteiger partial charge < -0.3 is 15.3 Å². The zero-order valence-corrected chi connectivity index (χ0v) is 19.0. The number of carbonyl (C=O) groups is 3. The summed E-state index contributed by atoms with van der Waals surface area (Å²) in [5.41, 5.74) is 7.56. The molecule has 5 N–H and O–H groups in total. The zero-order chi connectivity index (χ0) is 26.6. The Bertz CT molecular complexity index is 1310. The first-order chi connectivity index (χ1) is 17.8. The molecule has 0 saturated heterocycles. The number of hydrogen-bond donors (Lipinski definition) is 5. The van der Waals surface area contributed by atoms with Crippen molar-refractivity contribution in [3.8, 4) is 0 Å². The molecule has 0 saturated carbocycles. The highest BCUT2D eigenvalue weighted by atomic mass is 16.4. The number of aromatic carboxylic acids is 3. The van der Waals surface area contributed by atoms with Crippen LogP contribution in [0.5, 0.6) is 0 Å². The van der Waals surface area contributed by atoms with Crippen molar-refractivity contribution in [2.75, 3.05) is 0 Å². The highest BCUT2D eigenvalue weighted by molar-refractivity contribution is 5.91. The fourth-order valence-electron chi connectivity index (χ4n) is 2.69. The molecule has 0 radical (unpaired) electrons. The molecule has 0 amide bonds. The lowest BCUT2D eigenvalue weighted by Crippen LogP contribution is -2.30. The van der Waals surface area contributed by atoms with Gasteiger partial charge in [0.2, 0.25) is 0 Å². The minimum atomic E-state index is -1.04. The fourth-order valence-corrected chi connectivity index (χ4v) is 2.69. The summed E-state index contributed by atoms with van der Waals surface area (Å²) < 4.78 is 0. The molecule has 3 aromatic rings. The summed E-state index contributed by atoms with van der Waals surface area (Å²) in [6.45, 7) is 0. The summed E-state index contributed by atoms with van der Waals surface area (Å²) in [5, 5.41) is 42.9. The topological polar surface area (TPSA) is 185 Å². The molecule has 0 aliphatic carbocycles. The molecule has 3 aromatic carbocycles. The molecular weight excluding hydrogens is 480 g/mol. The van der Waals surface area contributed by atoms with Gasteiger partial charge in [0.25, 0.3) is 5.96 Å². The van der Waals surface area contributed by atoms with E-state index in [0.29, 0.717) is 16.7 Å². The van der Waals surface area contributed by atoms with E-state index in [1.165, 1.54) is 55.0 Å². The van der Waals surface area contributed by atoms with E-state index in [1.54, 1.807) is 36.4 Å². The minimum Gasteiger partial charge on any atom is -0.478 e. The van der Waals surface area contributed by atoms with Crippen LogP contribution in [0.1, 0.15) is 47.8 Å². The molecule has 0 bridgehead atoms. The van der Waals surface area contributed by atoms with Crippen LogP contribution in [-0.4, -0.2) is 57.8 Å². The van der Waals surface area contributed by atoms with Gasteiger partial charge in [0.15, 0.2) is 0 Å². The first-order valence-electron chi connectivity index (χ1n) is 10.5. The van der Waals surface area contributed by atoms with E-state index in [1.807, 2.05) is 0 Å². The lowest BCUT2D eigenvalue weighted by molar-refractivity contribution is 0.0686. The van der Waals surface area contributed by atoms with Crippen molar-refractivity contribution in [3.63, 3.8) is 0 Å². The van der Waals surface area contributed by atoms with Crippen LogP contribution in [0.15, 0.2) is 93.2 Å². The number of hydrogen-bond acceptors (Lipinski definition) is 7. The molecule has 12 heteroatoms. The van der Waals surface area contributed by atoms with E-state index in [9.17, 15) is 14.4 Å². The Morgan fingerprint density at radius 1 is 0.541 bits per heavy atom. The van der Waals surface area contributed by atoms with Crippen LogP contribution in [-0.2, 0) is 0 Å². The van der Waals surface area contributed by atoms with Crippen molar-refractivity contribution >= 4 is 42.5 Å². The Kier molecular flexibility index (Phi) is 8.92. The standard InChI is InChI=1S/C25H20N6O6/c32-22(33)19-7-1-16(2-8-19)13-26-29-25(30-27-14-17-3-9-20(10-4-17)23(34)35)31-28-15-18-5-11-21(12-6-18)24(36)37/h1-15H,(H,32,33)(H,34,35)(H,36,37)(H2,29,30,31)/b26-13+,27-14+,28-15+. The molecule has 0 aliphatic rings. The molecule has 0 unspecified atom stereocenters. The molecule has 0 atom stereocenters. The average Bonchev–Trinajstić information content (AvgIpc) is 2.89. The summed E-state index contributed by atoms with van der Waals surface area (Å²) in [7, 11) is 0. The van der Waals surface area contributed by atoms with Crippen molar-refractivity contribution in [2.45, 2.75) is 0 Å². The maximum Gasteiger partial charge on any atom is 0.335 e. The summed E-state index contributed by atoms with van der Waals surface area (Å²) in [4.78, 5) is 32.9. The number of carboxylic acids is 3. The van der Waals surface area contributed by atoms with E-state index in [4.69, 9.17) is 15.3 Å². The van der Waals surface area contributed by atoms with Crippen LogP contribution in [0.4, 0.5) is 0 Å². The van der Waals surface area contributed by atoms with Crippen molar-refractivity contribution in [2.24, 2.45) is 20.4 Å². The first-order valence-corrected chi connectivity index (χ1v) is 10.5. The number of guanidine groups is 1. The van der Waals surface area contributed by atoms with Crippen LogP contribution in [0.3, 0.4) is 0 Å². The summed E-state index contributed by atoms with van der Waals surface area (Å²) in [6.07, 6.45) is 4.27. The van der Waals surface area contributed by atoms with Crippen molar-refractivity contribution in [1.82, 2.24) is 10.9 Å². The van der Waals surface area contributed by atoms with Gasteiger partial charge in [-0.3, -0.25) is 0 Å². The van der Waals surface area contributed by atoms with Crippen molar-refractivity contribution in [3.05, 3.63) is 106 Å². The van der Waals surface area contributed by atoms with Gasteiger partial charge in [-0.15, -0.1) is 5.10 Å². The Morgan fingerprint density at radius 2 is 0.865 bits per heavy atom. The first kappa shape index (κ1) is 26.0. The number of benzene rings is 3. The van der Waals surface area contributed by atoms with E-state index >= 15 is 0 Å². The molecule has 12 nitrogen and oxygen atoms in total. The summed E-state index contributed by atoms with van der Waals surface area (Å²) in [6, 6.07) is 18.1. The molecule has 0 spiro atoms. The van der Waals surface area contributed by atoms with Gasteiger partial charge in [0, 0.05) is 0 Å². The van der Waals surface area contributed by atoms with Crippen LogP contribution >= 0.6 is 0 Å². The third-order valence-electron chi connectivity index (χ3n) is 4.61. The third-order valence-corrected chi connectivity index (χ3v) is 4.61. The van der Waals surface area contributed by atoms with Gasteiger partial charge in [0.05, 0.1) is 35.3 Å². The Hall–Kier alpha value is -5.65. The molecule has 186 valence electrons. The number of nitrogens with zero attached hydrogens (tertiary/aromatic N) is 4. The van der Waals surface area contributed by atoms with E-state index in [2.05, 4.69) is 31.3 Å². The van der Waals surface area contributed by atoms with Crippen LogP contribution < -0.4 is 10.9 Å². The minimum absolute atomic E-state index is 0.0234. The quantitative estimate of drug-likeness (QED) is 0.169. The maximum absolute atomic E-state index is 11.0. The summed E-state index contributed by atoms with van der Waals surface area (Å²) >= 11 is 0. The maximum atomic E-state index is 11.0. The fraction of sp³-hybridized carbons (Fsp3) is 0. The van der Waals surface area contributed by atoms with Gasteiger partial charge in [-0.1, -0.05) is 36.4 Å². The van der Waals surface area contributed by atoms with E-state index < -0.39 is 17.9 Å². The lowest BCUT2D eigenvalue weighted by atomic mass is 10.1. The monoisotopic (exact) mass is 500 g/mol. The highest BCUT2D eigenvalue weighted by Gasteiger charge is 2.03. The van der Waals surface area contributed by atoms with Gasteiger partial charge >= 0.3 is 17.9 Å². The largest absolute Gasteiger partial charge is 0.478 e. The second-order valence-electron chi connectivity index (χ2n) is 7.21. The Morgan fingerprint density at radius 3 is 1.19 bits per heavy atom. The molecule has 0 aliphatic heterocycles. The van der Waals surface area contributed by atoms with Crippen molar-refractivity contribution in [1.29, 1.82) is 0 Å². The molecular formula is C25H20N6O6. The van der Waals surface area contributed by atoms with Gasteiger partial charge in [0.1, 0.15) is 0 Å². The Labute approximate surface area is 210 Å². The second-order valence-corrected chi connectivity index (χ2v) is 7.21. The molecule has 0 heterocycles. The predicted molar refractivity (Wildman–Crippen MR) is 137 cm³/mol. The third kappa shape index (κ3) is 8.26. The van der Waals surface area contributed by atoms with E-state index in [-0.39, 0.29) is 22.6 Å². The number of rotatable bonds is 9. The van der Waals surface area contributed by atoms with Crippen LogP contribution in [0.2, 0.25) is 0 Å². The van der Waals surface area contributed by atoms with Gasteiger partial charge in [-0.05, 0) is 53.1 Å². The van der Waals surface area contributed by atoms with Gasteiger partial charge in [-0.2, -0.15) is 15.3 Å². The molecule has 37 heavy (non-hydrogen) atoms. The highest BCUT2D eigenvalue weighted by Crippen LogP contribution is 2.04. The van der Waals surface area contributed by atoms with Gasteiger partial charge in [-0.25, -0.2) is 25.2 Å². The number of nitrogens with one attached hydrogen (secondary N) is 2. The van der Waals surface area contributed by atoms with E-state index in [0.717, 1.165) is 0 Å². The summed E-state index contributed by atoms with van der Waals surface area (Å²) in [5.74, 6) is -3.09. The average molecular weight is 500 g/mol. The molecule has 0 fully saturated rings. The SMILES string of the molecule is O=C(O)c1ccc(/C=N/N=C(N/N=C/c2ccc(C(=O)O)cc2)N/N=C/c2ccc(C(=O)O)cc2)cc1. The number of hydrazone groups is 2. The van der Waals surface area contributed by atoms with Crippen LogP contribution in [0.25, 0.3) is 0 Å². The van der Waals surface area contributed by atoms with Crippen molar-refractivity contribution < 1.29 is 29.7 Å². The van der Waals surface area contributed by atoms with Crippen LogP contribution in [0, 0.1) is 0 Å². The smallest absolute Gasteiger partial charge is 0.335 e. The molecule has 3 rings (SSSR count). The molecule has 0 aromatic heterocycles. The number of carboxylic acid groups (broad SMARTS) is 3. The Balaban J connectivity index is 1.72. The zero-order valence-electron chi connectivity index (χ0n) is 19.0. The normalized spacial score (nSPS) is 11.0.